The van der Waals surface area contributed by atoms with E-state index in [0.717, 1.165) is 5.82 Å². The largest absolute Gasteiger partial charge is 0.353 e. The Bertz CT molecular complexity index is 789. The van der Waals surface area contributed by atoms with E-state index in [2.05, 4.69) is 36.0 Å². The topological polar surface area (TPSA) is 65.5 Å². The summed E-state index contributed by atoms with van der Waals surface area (Å²) in [5, 5.41) is 2.70. The lowest BCUT2D eigenvalue weighted by atomic mass is 9.87. The Morgan fingerprint density at radius 3 is 2.19 bits per heavy atom. The number of aromatic nitrogens is 1. The van der Waals surface area contributed by atoms with Crippen LogP contribution in [0.15, 0.2) is 48.7 Å². The van der Waals surface area contributed by atoms with Gasteiger partial charge in [-0.3, -0.25) is 9.59 Å². The third-order valence-electron chi connectivity index (χ3n) is 4.74. The number of piperazine rings is 1. The first-order valence-electron chi connectivity index (χ1n) is 9.21. The molecule has 1 aromatic carbocycles. The van der Waals surface area contributed by atoms with Gasteiger partial charge in [-0.15, -0.1) is 0 Å². The predicted octanol–water partition coefficient (Wildman–Crippen LogP) is 2.67. The van der Waals surface area contributed by atoms with Crippen molar-refractivity contribution in [3.8, 4) is 0 Å². The monoisotopic (exact) mass is 366 g/mol. The van der Waals surface area contributed by atoms with Gasteiger partial charge in [0.15, 0.2) is 0 Å². The Labute approximate surface area is 160 Å². The summed E-state index contributed by atoms with van der Waals surface area (Å²) in [6, 6.07) is 13.4. The Hall–Kier alpha value is -2.89. The van der Waals surface area contributed by atoms with Crippen molar-refractivity contribution >= 4 is 23.3 Å². The molecule has 1 aromatic heterocycles. The first kappa shape index (κ1) is 18.9. The average Bonchev–Trinajstić information content (AvgIpc) is 2.68. The van der Waals surface area contributed by atoms with Gasteiger partial charge in [-0.1, -0.05) is 39.0 Å². The first-order valence-corrected chi connectivity index (χ1v) is 9.21. The molecule has 1 aliphatic rings. The van der Waals surface area contributed by atoms with E-state index in [1.165, 1.54) is 5.56 Å². The maximum atomic E-state index is 12.5. The van der Waals surface area contributed by atoms with E-state index >= 15 is 0 Å². The molecule has 0 aliphatic carbocycles. The normalized spacial score (nSPS) is 14.8. The van der Waals surface area contributed by atoms with E-state index < -0.39 is 11.8 Å². The molecule has 0 saturated carbocycles. The van der Waals surface area contributed by atoms with E-state index in [4.69, 9.17) is 0 Å². The van der Waals surface area contributed by atoms with E-state index in [-0.39, 0.29) is 5.41 Å². The van der Waals surface area contributed by atoms with E-state index in [9.17, 15) is 9.59 Å². The average molecular weight is 366 g/mol. The Balaban J connectivity index is 1.54. The zero-order chi connectivity index (χ0) is 19.4. The molecule has 142 valence electrons. The summed E-state index contributed by atoms with van der Waals surface area (Å²) in [4.78, 5) is 32.8. The van der Waals surface area contributed by atoms with Crippen LogP contribution in [0.25, 0.3) is 0 Å². The molecule has 1 fully saturated rings. The number of nitrogens with one attached hydrogen (secondary N) is 1. The fourth-order valence-electron chi connectivity index (χ4n) is 3.06. The standard InChI is InChI=1S/C21H26N4O2/c1-21(2,3)16-7-9-17(10-8-16)23-19(26)20(27)25-14-12-24(13-15-25)18-6-4-5-11-22-18/h4-11H,12-15H2,1-3H3,(H,23,26). The number of benzene rings is 1. The lowest BCUT2D eigenvalue weighted by Gasteiger charge is -2.35. The van der Waals surface area contributed by atoms with Crippen LogP contribution in [-0.2, 0) is 15.0 Å². The molecule has 3 rings (SSSR count). The molecule has 0 bridgehead atoms. The molecule has 1 aliphatic heterocycles. The van der Waals surface area contributed by atoms with E-state index in [1.54, 1.807) is 11.1 Å². The van der Waals surface area contributed by atoms with Crippen molar-refractivity contribution in [2.75, 3.05) is 36.4 Å². The second-order valence-electron chi connectivity index (χ2n) is 7.75. The highest BCUT2D eigenvalue weighted by Crippen LogP contribution is 2.23. The second kappa shape index (κ2) is 7.78. The molecule has 2 amide bonds. The summed E-state index contributed by atoms with van der Waals surface area (Å²) in [5.41, 5.74) is 1.86. The molecule has 0 radical (unpaired) electrons. The summed E-state index contributed by atoms with van der Waals surface area (Å²) in [6.07, 6.45) is 1.76. The Kier molecular flexibility index (Phi) is 5.44. The molecule has 27 heavy (non-hydrogen) atoms. The van der Waals surface area contributed by atoms with Gasteiger partial charge in [0.05, 0.1) is 0 Å². The number of anilines is 2. The summed E-state index contributed by atoms with van der Waals surface area (Å²) < 4.78 is 0. The number of carbonyl (C=O) groups excluding carboxylic acids is 2. The van der Waals surface area contributed by atoms with Crippen LogP contribution in [-0.4, -0.2) is 47.9 Å². The minimum Gasteiger partial charge on any atom is -0.353 e. The highest BCUT2D eigenvalue weighted by atomic mass is 16.2. The number of hydrogen-bond donors (Lipinski definition) is 1. The number of hydrogen-bond acceptors (Lipinski definition) is 4. The van der Waals surface area contributed by atoms with Crippen LogP contribution in [0.5, 0.6) is 0 Å². The van der Waals surface area contributed by atoms with Gasteiger partial charge in [-0.25, -0.2) is 4.98 Å². The lowest BCUT2D eigenvalue weighted by molar-refractivity contribution is -0.143. The Morgan fingerprint density at radius 1 is 0.963 bits per heavy atom. The fraction of sp³-hybridized carbons (Fsp3) is 0.381. The highest BCUT2D eigenvalue weighted by molar-refractivity contribution is 6.39. The van der Waals surface area contributed by atoms with Crippen LogP contribution in [0, 0.1) is 0 Å². The van der Waals surface area contributed by atoms with Crippen molar-refractivity contribution in [2.45, 2.75) is 26.2 Å². The van der Waals surface area contributed by atoms with Crippen LogP contribution in [0.3, 0.4) is 0 Å². The Morgan fingerprint density at radius 2 is 1.63 bits per heavy atom. The van der Waals surface area contributed by atoms with Gasteiger partial charge in [-0.2, -0.15) is 0 Å². The van der Waals surface area contributed by atoms with Gasteiger partial charge < -0.3 is 15.1 Å². The molecule has 0 unspecified atom stereocenters. The van der Waals surface area contributed by atoms with Crippen molar-refractivity contribution in [1.82, 2.24) is 9.88 Å². The number of amides is 2. The van der Waals surface area contributed by atoms with Gasteiger partial charge in [0.25, 0.3) is 0 Å². The molecule has 6 heteroatoms. The van der Waals surface area contributed by atoms with Gasteiger partial charge >= 0.3 is 11.8 Å². The van der Waals surface area contributed by atoms with Crippen LogP contribution in [0.1, 0.15) is 26.3 Å². The van der Waals surface area contributed by atoms with Crippen LogP contribution < -0.4 is 10.2 Å². The molecule has 1 saturated heterocycles. The second-order valence-corrected chi connectivity index (χ2v) is 7.75. The zero-order valence-electron chi connectivity index (χ0n) is 16.1. The van der Waals surface area contributed by atoms with Crippen LogP contribution in [0.2, 0.25) is 0 Å². The smallest absolute Gasteiger partial charge is 0.313 e. The summed E-state index contributed by atoms with van der Waals surface area (Å²) >= 11 is 0. The third kappa shape index (κ3) is 4.64. The maximum Gasteiger partial charge on any atom is 0.313 e. The molecule has 0 spiro atoms. The third-order valence-corrected chi connectivity index (χ3v) is 4.74. The zero-order valence-corrected chi connectivity index (χ0v) is 16.1. The highest BCUT2D eigenvalue weighted by Gasteiger charge is 2.26. The van der Waals surface area contributed by atoms with E-state index in [0.29, 0.717) is 31.9 Å². The summed E-state index contributed by atoms with van der Waals surface area (Å²) in [7, 11) is 0. The molecular formula is C21H26N4O2. The molecule has 1 N–H and O–H groups in total. The van der Waals surface area contributed by atoms with E-state index in [1.807, 2.05) is 42.5 Å². The maximum absolute atomic E-state index is 12.5. The van der Waals surface area contributed by atoms with Crippen molar-refractivity contribution in [3.63, 3.8) is 0 Å². The summed E-state index contributed by atoms with van der Waals surface area (Å²) in [5.74, 6) is -0.187. The number of carbonyl (C=O) groups is 2. The molecular weight excluding hydrogens is 340 g/mol. The van der Waals surface area contributed by atoms with Crippen LogP contribution in [0.4, 0.5) is 11.5 Å². The minimum atomic E-state index is -0.593. The van der Waals surface area contributed by atoms with Gasteiger partial charge in [0, 0.05) is 38.1 Å². The van der Waals surface area contributed by atoms with Gasteiger partial charge in [0.2, 0.25) is 0 Å². The summed E-state index contributed by atoms with van der Waals surface area (Å²) in [6.45, 7) is 8.74. The van der Waals surface area contributed by atoms with Gasteiger partial charge in [-0.05, 0) is 35.2 Å². The molecule has 2 aromatic rings. The molecule has 2 heterocycles. The van der Waals surface area contributed by atoms with Crippen molar-refractivity contribution in [3.05, 3.63) is 54.2 Å². The number of rotatable bonds is 2. The molecule has 6 nitrogen and oxygen atoms in total. The first-order chi connectivity index (χ1) is 12.8. The number of pyridine rings is 1. The van der Waals surface area contributed by atoms with Crippen molar-refractivity contribution < 1.29 is 9.59 Å². The minimum absolute atomic E-state index is 0.0473. The van der Waals surface area contributed by atoms with Crippen molar-refractivity contribution in [1.29, 1.82) is 0 Å². The van der Waals surface area contributed by atoms with Crippen molar-refractivity contribution in [2.24, 2.45) is 0 Å². The quantitative estimate of drug-likeness (QED) is 0.830. The van der Waals surface area contributed by atoms with Gasteiger partial charge in [0.1, 0.15) is 5.82 Å². The SMILES string of the molecule is CC(C)(C)c1ccc(NC(=O)C(=O)N2CCN(c3ccccn3)CC2)cc1. The predicted molar refractivity (Wildman–Crippen MR) is 107 cm³/mol. The number of nitrogens with zero attached hydrogens (tertiary/aromatic N) is 3. The fourth-order valence-corrected chi connectivity index (χ4v) is 3.06. The molecule has 0 atom stereocenters. The van der Waals surface area contributed by atoms with Crippen LogP contribution >= 0.6 is 0 Å². The lowest BCUT2D eigenvalue weighted by Crippen LogP contribution is -2.51.